The van der Waals surface area contributed by atoms with E-state index in [0.29, 0.717) is 25.3 Å². The molecule has 1 heterocycles. The van der Waals surface area contributed by atoms with Gasteiger partial charge in [0.1, 0.15) is 0 Å². The molecule has 0 aliphatic carbocycles. The van der Waals surface area contributed by atoms with Crippen molar-refractivity contribution in [2.75, 3.05) is 13.2 Å². The maximum absolute atomic E-state index is 13.8. The van der Waals surface area contributed by atoms with Crippen LogP contribution in [0.2, 0.25) is 0 Å². The van der Waals surface area contributed by atoms with Gasteiger partial charge in [0.15, 0.2) is 11.6 Å². The molecule has 0 aliphatic heterocycles. The van der Waals surface area contributed by atoms with Gasteiger partial charge in [-0.25, -0.2) is 4.39 Å². The first-order valence-electron chi connectivity index (χ1n) is 6.80. The summed E-state index contributed by atoms with van der Waals surface area (Å²) in [5.74, 6) is -0.0132. The quantitative estimate of drug-likeness (QED) is 0.843. The molecule has 0 amide bonds. The first-order chi connectivity index (χ1) is 9.79. The lowest BCUT2D eigenvalue weighted by Crippen LogP contribution is -2.12. The van der Waals surface area contributed by atoms with Crippen molar-refractivity contribution in [3.8, 4) is 5.75 Å². The summed E-state index contributed by atoms with van der Waals surface area (Å²) in [4.78, 5) is 4.03. The number of pyridine rings is 1. The summed E-state index contributed by atoms with van der Waals surface area (Å²) in [6, 6.07) is 8.94. The summed E-state index contributed by atoms with van der Waals surface area (Å²) in [7, 11) is 0. The van der Waals surface area contributed by atoms with Crippen LogP contribution in [-0.4, -0.2) is 18.1 Å². The number of aromatic nitrogens is 1. The van der Waals surface area contributed by atoms with Crippen LogP contribution < -0.4 is 10.1 Å². The molecule has 2 rings (SSSR count). The predicted molar refractivity (Wildman–Crippen MR) is 77.2 cm³/mol. The number of rotatable bonds is 7. The third kappa shape index (κ3) is 4.31. The maximum Gasteiger partial charge on any atom is 0.165 e. The zero-order chi connectivity index (χ0) is 14.2. The van der Waals surface area contributed by atoms with Crippen LogP contribution in [0.5, 0.6) is 5.75 Å². The lowest BCUT2D eigenvalue weighted by molar-refractivity contribution is 0.305. The fourth-order valence-corrected chi connectivity index (χ4v) is 1.87. The Labute approximate surface area is 118 Å². The van der Waals surface area contributed by atoms with Crippen LogP contribution >= 0.6 is 0 Å². The van der Waals surface area contributed by atoms with Gasteiger partial charge in [-0.3, -0.25) is 4.98 Å². The number of hydrogen-bond donors (Lipinski definition) is 1. The normalized spacial score (nSPS) is 10.5. The van der Waals surface area contributed by atoms with Gasteiger partial charge < -0.3 is 10.1 Å². The molecular weight excluding hydrogens is 255 g/mol. The van der Waals surface area contributed by atoms with Crippen molar-refractivity contribution in [2.45, 2.75) is 19.9 Å². The molecule has 20 heavy (non-hydrogen) atoms. The van der Waals surface area contributed by atoms with E-state index in [1.165, 1.54) is 6.07 Å². The number of nitrogens with one attached hydrogen (secondary N) is 1. The standard InChI is InChI=1S/C16H19FN2O/c1-2-18-12-14-5-6-16(15(17)10-14)20-9-7-13-4-3-8-19-11-13/h3-6,8,10-11,18H,2,7,9,12H2,1H3. The SMILES string of the molecule is CCNCc1ccc(OCCc2cccnc2)c(F)c1. The van der Waals surface area contributed by atoms with Crippen LogP contribution in [0.4, 0.5) is 4.39 Å². The second-order valence-corrected chi connectivity index (χ2v) is 4.50. The summed E-state index contributed by atoms with van der Waals surface area (Å²) < 4.78 is 19.3. The third-order valence-corrected chi connectivity index (χ3v) is 2.95. The van der Waals surface area contributed by atoms with E-state index in [1.54, 1.807) is 18.5 Å². The summed E-state index contributed by atoms with van der Waals surface area (Å²) >= 11 is 0. The molecule has 0 saturated heterocycles. The first-order valence-corrected chi connectivity index (χ1v) is 6.80. The van der Waals surface area contributed by atoms with Crippen LogP contribution in [0.25, 0.3) is 0 Å². The Kier molecular flexibility index (Phi) is 5.50. The Balaban J connectivity index is 1.86. The van der Waals surface area contributed by atoms with Crippen LogP contribution in [-0.2, 0) is 13.0 Å². The number of ether oxygens (including phenoxy) is 1. The third-order valence-electron chi connectivity index (χ3n) is 2.95. The molecule has 4 heteroatoms. The molecule has 0 bridgehead atoms. The van der Waals surface area contributed by atoms with Gasteiger partial charge in [-0.2, -0.15) is 0 Å². The van der Waals surface area contributed by atoms with Crippen molar-refractivity contribution in [3.05, 3.63) is 59.7 Å². The number of nitrogens with zero attached hydrogens (tertiary/aromatic N) is 1. The zero-order valence-electron chi connectivity index (χ0n) is 11.6. The molecule has 1 aromatic heterocycles. The van der Waals surface area contributed by atoms with Crippen LogP contribution in [0.1, 0.15) is 18.1 Å². The number of benzene rings is 1. The van der Waals surface area contributed by atoms with Crippen molar-refractivity contribution < 1.29 is 9.13 Å². The highest BCUT2D eigenvalue weighted by Gasteiger charge is 2.05. The Morgan fingerprint density at radius 2 is 2.15 bits per heavy atom. The monoisotopic (exact) mass is 274 g/mol. The van der Waals surface area contributed by atoms with Crippen molar-refractivity contribution in [3.63, 3.8) is 0 Å². The fraction of sp³-hybridized carbons (Fsp3) is 0.312. The second kappa shape index (κ2) is 7.60. The van der Waals surface area contributed by atoms with Gasteiger partial charge in [-0.15, -0.1) is 0 Å². The van der Waals surface area contributed by atoms with Crippen LogP contribution in [0, 0.1) is 5.82 Å². The molecular formula is C16H19FN2O. The van der Waals surface area contributed by atoms with Crippen molar-refractivity contribution in [1.29, 1.82) is 0 Å². The molecule has 0 saturated carbocycles. The molecule has 0 aliphatic rings. The van der Waals surface area contributed by atoms with E-state index >= 15 is 0 Å². The molecule has 0 atom stereocenters. The van der Waals surface area contributed by atoms with Gasteiger partial charge in [-0.05, 0) is 35.9 Å². The average molecular weight is 274 g/mol. The van der Waals surface area contributed by atoms with Crippen LogP contribution in [0.15, 0.2) is 42.7 Å². The highest BCUT2D eigenvalue weighted by molar-refractivity contribution is 5.29. The Morgan fingerprint density at radius 1 is 1.25 bits per heavy atom. The van der Waals surface area contributed by atoms with Crippen molar-refractivity contribution in [1.82, 2.24) is 10.3 Å². The van der Waals surface area contributed by atoms with Gasteiger partial charge in [0.05, 0.1) is 6.61 Å². The highest BCUT2D eigenvalue weighted by atomic mass is 19.1. The minimum absolute atomic E-state index is 0.300. The van der Waals surface area contributed by atoms with Gasteiger partial charge in [-0.1, -0.05) is 19.1 Å². The lowest BCUT2D eigenvalue weighted by atomic mass is 10.2. The summed E-state index contributed by atoms with van der Waals surface area (Å²) in [5, 5.41) is 3.16. The predicted octanol–water partition coefficient (Wildman–Crippen LogP) is 2.95. The van der Waals surface area contributed by atoms with Crippen molar-refractivity contribution >= 4 is 0 Å². The molecule has 2 aromatic rings. The Hall–Kier alpha value is -1.94. The first kappa shape index (κ1) is 14.5. The van der Waals surface area contributed by atoms with Gasteiger partial charge in [0.2, 0.25) is 0 Å². The van der Waals surface area contributed by atoms with E-state index in [2.05, 4.69) is 10.3 Å². The van der Waals surface area contributed by atoms with Gasteiger partial charge in [0, 0.05) is 25.4 Å². The Bertz CT molecular complexity index is 531. The minimum Gasteiger partial charge on any atom is -0.490 e. The largest absolute Gasteiger partial charge is 0.490 e. The second-order valence-electron chi connectivity index (χ2n) is 4.50. The molecule has 0 spiro atoms. The van der Waals surface area contributed by atoms with Crippen LogP contribution in [0.3, 0.4) is 0 Å². The lowest BCUT2D eigenvalue weighted by Gasteiger charge is -2.09. The molecule has 1 N–H and O–H groups in total. The van der Waals surface area contributed by atoms with Crippen molar-refractivity contribution in [2.24, 2.45) is 0 Å². The van der Waals surface area contributed by atoms with E-state index in [-0.39, 0.29) is 5.82 Å². The molecule has 0 radical (unpaired) electrons. The molecule has 106 valence electrons. The summed E-state index contributed by atoms with van der Waals surface area (Å²) in [6.07, 6.45) is 4.23. The van der Waals surface area contributed by atoms with Gasteiger partial charge in [0.25, 0.3) is 0 Å². The van der Waals surface area contributed by atoms with E-state index in [4.69, 9.17) is 4.74 Å². The molecule has 0 unspecified atom stereocenters. The van der Waals surface area contributed by atoms with E-state index < -0.39 is 0 Å². The van der Waals surface area contributed by atoms with E-state index in [0.717, 1.165) is 17.7 Å². The summed E-state index contributed by atoms with van der Waals surface area (Å²) in [5.41, 5.74) is 2.00. The molecule has 1 aromatic carbocycles. The number of hydrogen-bond acceptors (Lipinski definition) is 3. The van der Waals surface area contributed by atoms with E-state index in [9.17, 15) is 4.39 Å². The topological polar surface area (TPSA) is 34.1 Å². The minimum atomic E-state index is -0.313. The molecule has 0 fully saturated rings. The molecule has 3 nitrogen and oxygen atoms in total. The van der Waals surface area contributed by atoms with Gasteiger partial charge >= 0.3 is 0 Å². The van der Waals surface area contributed by atoms with E-state index in [1.807, 2.05) is 25.1 Å². The smallest absolute Gasteiger partial charge is 0.165 e. The summed E-state index contributed by atoms with van der Waals surface area (Å²) in [6.45, 7) is 4.00. The Morgan fingerprint density at radius 3 is 2.85 bits per heavy atom. The average Bonchev–Trinajstić information content (AvgIpc) is 2.48. The zero-order valence-corrected chi connectivity index (χ0v) is 11.6. The fourth-order valence-electron chi connectivity index (χ4n) is 1.87. The highest BCUT2D eigenvalue weighted by Crippen LogP contribution is 2.18. The maximum atomic E-state index is 13.8. The number of halogens is 1.